The zero-order valence-electron chi connectivity index (χ0n) is 15.8. The third kappa shape index (κ3) is 5.63. The van der Waals surface area contributed by atoms with Gasteiger partial charge >= 0.3 is 0 Å². The normalized spacial score (nSPS) is 16.3. The Morgan fingerprint density at radius 1 is 1.18 bits per heavy atom. The van der Waals surface area contributed by atoms with Crippen molar-refractivity contribution in [3.63, 3.8) is 0 Å². The predicted molar refractivity (Wildman–Crippen MR) is 117 cm³/mol. The van der Waals surface area contributed by atoms with Crippen molar-refractivity contribution in [2.45, 2.75) is 25.7 Å². The maximum Gasteiger partial charge on any atom is 0.225 e. The van der Waals surface area contributed by atoms with Crippen LogP contribution in [0.3, 0.4) is 0 Å². The first-order valence-electron chi connectivity index (χ1n) is 9.41. The van der Waals surface area contributed by atoms with Gasteiger partial charge in [0.05, 0.1) is 6.54 Å². The molecule has 1 aliphatic heterocycles. The molecular weight excluding hydrogens is 395 g/mol. The molecule has 1 amide bonds. The lowest BCUT2D eigenvalue weighted by Crippen LogP contribution is -2.38. The molecule has 28 heavy (non-hydrogen) atoms. The summed E-state index contributed by atoms with van der Waals surface area (Å²) in [7, 11) is 0. The molecule has 148 valence electrons. The first-order chi connectivity index (χ1) is 13.5. The van der Waals surface area contributed by atoms with E-state index in [1.165, 1.54) is 0 Å². The van der Waals surface area contributed by atoms with Crippen molar-refractivity contribution in [1.29, 1.82) is 0 Å². The van der Waals surface area contributed by atoms with Gasteiger partial charge in [0, 0.05) is 41.2 Å². The minimum Gasteiger partial charge on any atom is -0.357 e. The number of para-hydroxylation sites is 1. The average Bonchev–Trinajstić information content (AvgIpc) is 2.65. The van der Waals surface area contributed by atoms with Crippen LogP contribution in [0.1, 0.15) is 30.4 Å². The highest BCUT2D eigenvalue weighted by Gasteiger charge is 2.24. The van der Waals surface area contributed by atoms with E-state index in [4.69, 9.17) is 28.2 Å². The SMILES string of the molecule is CCNC(=NCC1CC(=O)Nc2ccccc21)NCCc1cc(Cl)cc(Cl)c1. The molecule has 3 rings (SSSR count). The smallest absolute Gasteiger partial charge is 0.225 e. The molecule has 1 aliphatic rings. The summed E-state index contributed by atoms with van der Waals surface area (Å²) < 4.78 is 0. The molecule has 0 bridgehead atoms. The Hall–Kier alpha value is -2.24. The van der Waals surface area contributed by atoms with Crippen LogP contribution in [0.5, 0.6) is 0 Å². The number of carbonyl (C=O) groups excluding carboxylic acids is 1. The Kier molecular flexibility index (Phi) is 7.18. The van der Waals surface area contributed by atoms with E-state index in [9.17, 15) is 4.79 Å². The maximum absolute atomic E-state index is 12.0. The zero-order valence-corrected chi connectivity index (χ0v) is 17.3. The van der Waals surface area contributed by atoms with E-state index in [-0.39, 0.29) is 11.8 Å². The highest BCUT2D eigenvalue weighted by atomic mass is 35.5. The quantitative estimate of drug-likeness (QED) is 0.485. The monoisotopic (exact) mass is 418 g/mol. The second-order valence-electron chi connectivity index (χ2n) is 6.71. The van der Waals surface area contributed by atoms with Crippen LogP contribution in [0.2, 0.25) is 10.0 Å². The molecule has 5 nitrogen and oxygen atoms in total. The number of nitrogens with zero attached hydrogens (tertiary/aromatic N) is 1. The number of halogens is 2. The van der Waals surface area contributed by atoms with Crippen LogP contribution in [-0.2, 0) is 11.2 Å². The highest BCUT2D eigenvalue weighted by Crippen LogP contribution is 2.31. The Morgan fingerprint density at radius 2 is 1.93 bits per heavy atom. The second kappa shape index (κ2) is 9.80. The number of amides is 1. The number of rotatable bonds is 6. The first-order valence-corrected chi connectivity index (χ1v) is 10.2. The van der Waals surface area contributed by atoms with E-state index >= 15 is 0 Å². The fourth-order valence-corrected chi connectivity index (χ4v) is 3.86. The van der Waals surface area contributed by atoms with E-state index in [0.29, 0.717) is 29.6 Å². The molecule has 1 heterocycles. The molecule has 0 spiro atoms. The van der Waals surface area contributed by atoms with E-state index in [2.05, 4.69) is 22.0 Å². The van der Waals surface area contributed by atoms with Crippen molar-refractivity contribution in [2.75, 3.05) is 25.0 Å². The highest BCUT2D eigenvalue weighted by molar-refractivity contribution is 6.34. The Balaban J connectivity index is 1.62. The molecule has 0 saturated heterocycles. The van der Waals surface area contributed by atoms with Gasteiger partial charge in [-0.1, -0.05) is 41.4 Å². The van der Waals surface area contributed by atoms with E-state index in [1.54, 1.807) is 6.07 Å². The number of hydrogen-bond donors (Lipinski definition) is 3. The standard InChI is InChI=1S/C21H24Cl2N4O/c1-2-24-21(25-8-7-14-9-16(22)12-17(23)10-14)26-13-15-11-20(28)27-19-6-4-3-5-18(15)19/h3-6,9-10,12,15H,2,7-8,11,13H2,1H3,(H,27,28)(H2,24,25,26). The third-order valence-electron chi connectivity index (χ3n) is 4.55. The minimum atomic E-state index is 0.0368. The number of guanidine groups is 1. The molecule has 0 radical (unpaired) electrons. The third-order valence-corrected chi connectivity index (χ3v) is 4.99. The van der Waals surface area contributed by atoms with Gasteiger partial charge in [-0.05, 0) is 48.7 Å². The van der Waals surface area contributed by atoms with Gasteiger partial charge < -0.3 is 16.0 Å². The fraction of sp³-hybridized carbons (Fsp3) is 0.333. The Labute approximate surface area is 175 Å². The molecule has 0 aliphatic carbocycles. The molecule has 3 N–H and O–H groups in total. The Morgan fingerprint density at radius 3 is 2.68 bits per heavy atom. The summed E-state index contributed by atoms with van der Waals surface area (Å²) in [6, 6.07) is 13.5. The van der Waals surface area contributed by atoms with Crippen LogP contribution in [-0.4, -0.2) is 31.5 Å². The van der Waals surface area contributed by atoms with Gasteiger partial charge in [0.2, 0.25) is 5.91 Å². The van der Waals surface area contributed by atoms with Crippen molar-refractivity contribution >= 4 is 40.8 Å². The first kappa shape index (κ1) is 20.5. The number of fused-ring (bicyclic) bond motifs is 1. The molecule has 2 aromatic carbocycles. The van der Waals surface area contributed by atoms with Crippen LogP contribution in [0.4, 0.5) is 5.69 Å². The van der Waals surface area contributed by atoms with Crippen molar-refractivity contribution in [2.24, 2.45) is 4.99 Å². The molecule has 0 aromatic heterocycles. The lowest BCUT2D eigenvalue weighted by atomic mass is 9.91. The summed E-state index contributed by atoms with van der Waals surface area (Å²) >= 11 is 12.1. The molecule has 2 aromatic rings. The minimum absolute atomic E-state index is 0.0368. The number of carbonyl (C=O) groups is 1. The van der Waals surface area contributed by atoms with Crippen LogP contribution in [0, 0.1) is 0 Å². The summed E-state index contributed by atoms with van der Waals surface area (Å²) in [6.45, 7) is 4.03. The summed E-state index contributed by atoms with van der Waals surface area (Å²) in [6.07, 6.45) is 1.22. The topological polar surface area (TPSA) is 65.5 Å². The summed E-state index contributed by atoms with van der Waals surface area (Å²) in [5.74, 6) is 0.848. The number of nitrogens with one attached hydrogen (secondary N) is 3. The van der Waals surface area contributed by atoms with Gasteiger partial charge in [0.25, 0.3) is 0 Å². The summed E-state index contributed by atoms with van der Waals surface area (Å²) in [4.78, 5) is 16.7. The van der Waals surface area contributed by atoms with Crippen molar-refractivity contribution in [3.8, 4) is 0 Å². The lowest BCUT2D eigenvalue weighted by molar-refractivity contribution is -0.116. The molecule has 7 heteroatoms. The van der Waals surface area contributed by atoms with Crippen molar-refractivity contribution < 1.29 is 4.79 Å². The zero-order chi connectivity index (χ0) is 19.9. The summed E-state index contributed by atoms with van der Waals surface area (Å²) in [5.41, 5.74) is 3.09. The molecule has 1 unspecified atom stereocenters. The largest absolute Gasteiger partial charge is 0.357 e. The fourth-order valence-electron chi connectivity index (χ4n) is 3.29. The molecular formula is C21H24Cl2N4O. The molecule has 0 fully saturated rings. The number of aliphatic imine (C=N–C) groups is 1. The van der Waals surface area contributed by atoms with E-state index < -0.39 is 0 Å². The van der Waals surface area contributed by atoms with Crippen LogP contribution >= 0.6 is 23.2 Å². The second-order valence-corrected chi connectivity index (χ2v) is 7.58. The van der Waals surface area contributed by atoms with Gasteiger partial charge in [0.15, 0.2) is 5.96 Å². The Bertz CT molecular complexity index is 849. The van der Waals surface area contributed by atoms with Crippen LogP contribution in [0.15, 0.2) is 47.5 Å². The predicted octanol–water partition coefficient (Wildman–Crippen LogP) is 4.22. The average molecular weight is 419 g/mol. The van der Waals surface area contributed by atoms with Crippen molar-refractivity contribution in [3.05, 3.63) is 63.6 Å². The number of anilines is 1. The van der Waals surface area contributed by atoms with Gasteiger partial charge in [-0.15, -0.1) is 0 Å². The van der Waals surface area contributed by atoms with Gasteiger partial charge in [-0.3, -0.25) is 9.79 Å². The van der Waals surface area contributed by atoms with Crippen molar-refractivity contribution in [1.82, 2.24) is 10.6 Å². The molecule has 0 saturated carbocycles. The van der Waals surface area contributed by atoms with Gasteiger partial charge in [0.1, 0.15) is 0 Å². The molecule has 1 atom stereocenters. The lowest BCUT2D eigenvalue weighted by Gasteiger charge is -2.24. The maximum atomic E-state index is 12.0. The van der Waals surface area contributed by atoms with Crippen LogP contribution < -0.4 is 16.0 Å². The van der Waals surface area contributed by atoms with E-state index in [1.807, 2.05) is 37.3 Å². The van der Waals surface area contributed by atoms with Gasteiger partial charge in [-0.25, -0.2) is 0 Å². The van der Waals surface area contributed by atoms with E-state index in [0.717, 1.165) is 35.7 Å². The number of hydrogen-bond acceptors (Lipinski definition) is 2. The summed E-state index contributed by atoms with van der Waals surface area (Å²) in [5, 5.41) is 10.8. The van der Waals surface area contributed by atoms with Crippen LogP contribution in [0.25, 0.3) is 0 Å². The van der Waals surface area contributed by atoms with Gasteiger partial charge in [-0.2, -0.15) is 0 Å². The number of benzene rings is 2.